The van der Waals surface area contributed by atoms with E-state index < -0.39 is 24.0 Å². The second kappa shape index (κ2) is 3.70. The SMILES string of the molecule is CN(C)C(=O)CC(=O)C(N)=O. The predicted octanol–water partition coefficient (Wildman–Crippen LogP) is -1.48. The molecule has 0 aromatic heterocycles. The average Bonchev–Trinajstić information content (AvgIpc) is 1.87. The van der Waals surface area contributed by atoms with Crippen molar-refractivity contribution in [1.82, 2.24) is 4.90 Å². The van der Waals surface area contributed by atoms with Crippen LogP contribution in [0.5, 0.6) is 0 Å². The van der Waals surface area contributed by atoms with Crippen molar-refractivity contribution in [2.75, 3.05) is 14.1 Å². The van der Waals surface area contributed by atoms with Gasteiger partial charge in [0.25, 0.3) is 5.91 Å². The summed E-state index contributed by atoms with van der Waals surface area (Å²) < 4.78 is 0. The first kappa shape index (κ1) is 9.61. The zero-order valence-electron chi connectivity index (χ0n) is 6.46. The first-order valence-electron chi connectivity index (χ1n) is 2.98. The highest BCUT2D eigenvalue weighted by molar-refractivity contribution is 6.38. The lowest BCUT2D eigenvalue weighted by atomic mass is 10.2. The third kappa shape index (κ3) is 3.34. The van der Waals surface area contributed by atoms with Crippen LogP contribution >= 0.6 is 0 Å². The quantitative estimate of drug-likeness (QED) is 0.401. The molecule has 0 rings (SSSR count). The summed E-state index contributed by atoms with van der Waals surface area (Å²) in [4.78, 5) is 32.7. The lowest BCUT2D eigenvalue weighted by molar-refractivity contribution is -0.140. The van der Waals surface area contributed by atoms with Gasteiger partial charge >= 0.3 is 0 Å². The number of carbonyl (C=O) groups is 3. The molecule has 2 amide bonds. The minimum atomic E-state index is -1.07. The zero-order chi connectivity index (χ0) is 9.02. The molecule has 0 heterocycles. The van der Waals surface area contributed by atoms with Crippen molar-refractivity contribution in [3.8, 4) is 0 Å². The number of nitrogens with zero attached hydrogens (tertiary/aromatic N) is 1. The lowest BCUT2D eigenvalue weighted by Crippen LogP contribution is -2.30. The van der Waals surface area contributed by atoms with Crippen molar-refractivity contribution in [1.29, 1.82) is 0 Å². The number of primary amides is 1. The molecule has 0 unspecified atom stereocenters. The minimum Gasteiger partial charge on any atom is -0.363 e. The largest absolute Gasteiger partial charge is 0.363 e. The normalized spacial score (nSPS) is 8.91. The van der Waals surface area contributed by atoms with Crippen LogP contribution in [0.3, 0.4) is 0 Å². The predicted molar refractivity (Wildman–Crippen MR) is 37.5 cm³/mol. The highest BCUT2D eigenvalue weighted by Crippen LogP contribution is 1.87. The van der Waals surface area contributed by atoms with E-state index >= 15 is 0 Å². The fraction of sp³-hybridized carbons (Fsp3) is 0.500. The van der Waals surface area contributed by atoms with Crippen LogP contribution in [0.1, 0.15) is 6.42 Å². The number of Topliss-reactive ketones (excluding diaryl/α,β-unsaturated/α-hetero) is 1. The summed E-state index contributed by atoms with van der Waals surface area (Å²) in [5.74, 6) is -2.35. The standard InChI is InChI=1S/C6H10N2O3/c1-8(2)5(10)3-4(9)6(7)11/h3H2,1-2H3,(H2,7,11). The van der Waals surface area contributed by atoms with Crippen LogP contribution in [0.4, 0.5) is 0 Å². The number of ketones is 1. The van der Waals surface area contributed by atoms with Crippen LogP contribution in [0.2, 0.25) is 0 Å². The van der Waals surface area contributed by atoms with Crippen LogP contribution in [0.25, 0.3) is 0 Å². The van der Waals surface area contributed by atoms with E-state index in [1.165, 1.54) is 19.0 Å². The van der Waals surface area contributed by atoms with Crippen molar-refractivity contribution in [2.45, 2.75) is 6.42 Å². The maximum absolute atomic E-state index is 10.8. The molecule has 0 aliphatic heterocycles. The fourth-order valence-corrected chi connectivity index (χ4v) is 0.383. The van der Waals surface area contributed by atoms with Gasteiger partial charge in [-0.3, -0.25) is 14.4 Å². The Morgan fingerprint density at radius 1 is 1.27 bits per heavy atom. The van der Waals surface area contributed by atoms with Crippen molar-refractivity contribution in [2.24, 2.45) is 5.73 Å². The van der Waals surface area contributed by atoms with Gasteiger partial charge in [0.05, 0.1) is 6.42 Å². The lowest BCUT2D eigenvalue weighted by Gasteiger charge is -2.07. The number of hydrogen-bond acceptors (Lipinski definition) is 3. The van der Waals surface area contributed by atoms with E-state index in [0.29, 0.717) is 0 Å². The molecular formula is C6H10N2O3. The minimum absolute atomic E-state index is 0.422. The number of carbonyl (C=O) groups excluding carboxylic acids is 3. The Kier molecular flexibility index (Phi) is 3.23. The fourth-order valence-electron chi connectivity index (χ4n) is 0.383. The molecule has 62 valence electrons. The van der Waals surface area contributed by atoms with Crippen LogP contribution in [0, 0.1) is 0 Å². The Morgan fingerprint density at radius 3 is 2.00 bits per heavy atom. The molecule has 0 saturated heterocycles. The number of hydrogen-bond donors (Lipinski definition) is 1. The van der Waals surface area contributed by atoms with Gasteiger partial charge in [0, 0.05) is 14.1 Å². The van der Waals surface area contributed by atoms with E-state index in [9.17, 15) is 14.4 Å². The van der Waals surface area contributed by atoms with Crippen molar-refractivity contribution in [3.05, 3.63) is 0 Å². The first-order valence-corrected chi connectivity index (χ1v) is 2.98. The van der Waals surface area contributed by atoms with Crippen LogP contribution in [-0.2, 0) is 14.4 Å². The molecule has 0 radical (unpaired) electrons. The van der Waals surface area contributed by atoms with Gasteiger partial charge in [-0.1, -0.05) is 0 Å². The van der Waals surface area contributed by atoms with E-state index in [1.54, 1.807) is 0 Å². The Morgan fingerprint density at radius 2 is 1.73 bits per heavy atom. The van der Waals surface area contributed by atoms with E-state index in [1.807, 2.05) is 0 Å². The zero-order valence-corrected chi connectivity index (χ0v) is 6.46. The number of rotatable bonds is 3. The Labute approximate surface area is 64.1 Å². The molecule has 0 spiro atoms. The summed E-state index contributed by atoms with van der Waals surface area (Å²) in [6, 6.07) is 0. The summed E-state index contributed by atoms with van der Waals surface area (Å²) in [7, 11) is 2.99. The van der Waals surface area contributed by atoms with Gasteiger partial charge in [-0.25, -0.2) is 0 Å². The molecule has 0 aromatic carbocycles. The molecule has 0 atom stereocenters. The highest BCUT2D eigenvalue weighted by atomic mass is 16.2. The van der Waals surface area contributed by atoms with Gasteiger partial charge in [0.15, 0.2) is 0 Å². The van der Waals surface area contributed by atoms with Crippen LogP contribution in [0.15, 0.2) is 0 Å². The van der Waals surface area contributed by atoms with Crippen molar-refractivity contribution >= 4 is 17.6 Å². The molecule has 5 nitrogen and oxygen atoms in total. The third-order valence-corrected chi connectivity index (χ3v) is 1.09. The Balaban J connectivity index is 3.96. The monoisotopic (exact) mass is 158 g/mol. The number of nitrogens with two attached hydrogens (primary N) is 1. The van der Waals surface area contributed by atoms with Crippen molar-refractivity contribution in [3.63, 3.8) is 0 Å². The highest BCUT2D eigenvalue weighted by Gasteiger charge is 2.15. The Hall–Kier alpha value is -1.39. The van der Waals surface area contributed by atoms with Gasteiger partial charge in [-0.15, -0.1) is 0 Å². The maximum atomic E-state index is 10.8. The molecule has 0 aliphatic carbocycles. The van der Waals surface area contributed by atoms with Gasteiger partial charge in [0.2, 0.25) is 11.7 Å². The van der Waals surface area contributed by atoms with Gasteiger partial charge in [0.1, 0.15) is 0 Å². The van der Waals surface area contributed by atoms with Crippen molar-refractivity contribution < 1.29 is 14.4 Å². The van der Waals surface area contributed by atoms with E-state index in [2.05, 4.69) is 5.73 Å². The third-order valence-electron chi connectivity index (χ3n) is 1.09. The molecule has 0 bridgehead atoms. The molecule has 5 heteroatoms. The molecule has 0 fully saturated rings. The van der Waals surface area contributed by atoms with E-state index in [-0.39, 0.29) is 0 Å². The Bertz CT molecular complexity index is 198. The van der Waals surface area contributed by atoms with Gasteiger partial charge in [-0.2, -0.15) is 0 Å². The molecule has 0 aromatic rings. The maximum Gasteiger partial charge on any atom is 0.285 e. The summed E-state index contributed by atoms with van der Waals surface area (Å²) in [6.45, 7) is 0. The van der Waals surface area contributed by atoms with Crippen LogP contribution in [-0.4, -0.2) is 36.6 Å². The molecule has 11 heavy (non-hydrogen) atoms. The molecular weight excluding hydrogens is 148 g/mol. The average molecular weight is 158 g/mol. The first-order chi connectivity index (χ1) is 4.95. The van der Waals surface area contributed by atoms with Gasteiger partial charge in [-0.05, 0) is 0 Å². The summed E-state index contributed by atoms with van der Waals surface area (Å²) in [5, 5.41) is 0. The van der Waals surface area contributed by atoms with Gasteiger partial charge < -0.3 is 10.6 Å². The second-order valence-electron chi connectivity index (χ2n) is 2.25. The smallest absolute Gasteiger partial charge is 0.285 e. The van der Waals surface area contributed by atoms with Crippen LogP contribution < -0.4 is 5.73 Å². The summed E-state index contributed by atoms with van der Waals surface area (Å²) in [5.41, 5.74) is 4.63. The molecule has 0 aliphatic rings. The molecule has 2 N–H and O–H groups in total. The number of amides is 2. The molecule has 0 saturated carbocycles. The topological polar surface area (TPSA) is 80.5 Å². The summed E-state index contributed by atoms with van der Waals surface area (Å²) >= 11 is 0. The van der Waals surface area contributed by atoms with E-state index in [4.69, 9.17) is 0 Å². The second-order valence-corrected chi connectivity index (χ2v) is 2.25. The summed E-state index contributed by atoms with van der Waals surface area (Å²) in [6.07, 6.45) is -0.442. The van der Waals surface area contributed by atoms with E-state index in [0.717, 1.165) is 0 Å².